The molecule has 0 aromatic heterocycles. The first-order chi connectivity index (χ1) is 10.3. The second-order valence-corrected chi connectivity index (χ2v) is 6.43. The fourth-order valence-corrected chi connectivity index (χ4v) is 2.86. The molecule has 0 bridgehead atoms. The van der Waals surface area contributed by atoms with Crippen molar-refractivity contribution in [1.82, 2.24) is 0 Å². The van der Waals surface area contributed by atoms with Gasteiger partial charge in [0, 0.05) is 5.56 Å². The van der Waals surface area contributed by atoms with Gasteiger partial charge in [0.15, 0.2) is 0 Å². The van der Waals surface area contributed by atoms with Gasteiger partial charge < -0.3 is 24.8 Å². The van der Waals surface area contributed by atoms with Crippen LogP contribution in [-0.2, 0) is 11.2 Å². The second-order valence-electron chi connectivity index (χ2n) is 6.43. The Morgan fingerprint density at radius 3 is 2.55 bits per heavy atom. The molecule has 5 nitrogen and oxygen atoms in total. The molecular weight excluding hydrogens is 284 g/mol. The molecule has 124 valence electrons. The predicted octanol–water partition coefficient (Wildman–Crippen LogP) is 1.77. The number of fused-ring (bicyclic) bond motifs is 1. The molecule has 2 atom stereocenters. The van der Waals surface area contributed by atoms with E-state index in [4.69, 9.17) is 14.6 Å². The molecule has 1 aliphatic rings. The van der Waals surface area contributed by atoms with E-state index in [1.165, 1.54) is 0 Å². The van der Waals surface area contributed by atoms with E-state index in [-0.39, 0.29) is 13.2 Å². The van der Waals surface area contributed by atoms with Crippen molar-refractivity contribution < 1.29 is 24.8 Å². The smallest absolute Gasteiger partial charge is 0.130 e. The van der Waals surface area contributed by atoms with Crippen LogP contribution in [0.1, 0.15) is 35.6 Å². The monoisotopic (exact) mass is 310 g/mol. The summed E-state index contributed by atoms with van der Waals surface area (Å²) in [6.07, 6.45) is 0.735. The Morgan fingerprint density at radius 1 is 1.23 bits per heavy atom. The normalized spacial score (nSPS) is 22.1. The number of benzene rings is 1. The minimum Gasteiger partial charge on any atom is -0.507 e. The lowest BCUT2D eigenvalue weighted by molar-refractivity contribution is -0.0594. The molecule has 3 N–H and O–H groups in total. The Morgan fingerprint density at radius 2 is 1.91 bits per heavy atom. The molecule has 0 radical (unpaired) electrons. The SMILES string of the molecule is Cc1c(C)c2c(c(C)c1O)CCC(C)(COCC(O)CO)O2. The number of phenolic OH excluding ortho intramolecular Hbond substituents is 1. The van der Waals surface area contributed by atoms with E-state index < -0.39 is 11.7 Å². The lowest BCUT2D eigenvalue weighted by atomic mass is 9.87. The molecule has 2 rings (SSSR count). The van der Waals surface area contributed by atoms with E-state index in [1.807, 2.05) is 27.7 Å². The first kappa shape index (κ1) is 17.1. The summed E-state index contributed by atoms with van der Waals surface area (Å²) in [5.41, 5.74) is 3.28. The fraction of sp³-hybridized carbons (Fsp3) is 0.647. The van der Waals surface area contributed by atoms with Gasteiger partial charge in [-0.1, -0.05) is 0 Å². The maximum absolute atomic E-state index is 10.2. The molecule has 5 heteroatoms. The maximum Gasteiger partial charge on any atom is 0.130 e. The van der Waals surface area contributed by atoms with E-state index in [0.29, 0.717) is 12.4 Å². The zero-order valence-electron chi connectivity index (χ0n) is 13.8. The third-order valence-electron chi connectivity index (χ3n) is 4.52. The number of aliphatic hydroxyl groups excluding tert-OH is 2. The van der Waals surface area contributed by atoms with E-state index in [9.17, 15) is 10.2 Å². The average molecular weight is 310 g/mol. The molecule has 0 spiro atoms. The van der Waals surface area contributed by atoms with Gasteiger partial charge in [-0.15, -0.1) is 0 Å². The lowest BCUT2D eigenvalue weighted by Crippen LogP contribution is -2.42. The Bertz CT molecular complexity index is 555. The summed E-state index contributed by atoms with van der Waals surface area (Å²) in [6.45, 7) is 7.88. The minimum atomic E-state index is -0.859. The van der Waals surface area contributed by atoms with Crippen molar-refractivity contribution >= 4 is 0 Å². The van der Waals surface area contributed by atoms with Gasteiger partial charge in [-0.2, -0.15) is 0 Å². The van der Waals surface area contributed by atoms with Crippen LogP contribution in [-0.4, -0.2) is 46.8 Å². The number of hydrogen-bond donors (Lipinski definition) is 3. The largest absolute Gasteiger partial charge is 0.507 e. The molecule has 0 saturated carbocycles. The van der Waals surface area contributed by atoms with Crippen LogP contribution in [0.2, 0.25) is 0 Å². The van der Waals surface area contributed by atoms with Crippen LogP contribution in [0.15, 0.2) is 0 Å². The van der Waals surface area contributed by atoms with Crippen molar-refractivity contribution in [2.75, 3.05) is 19.8 Å². The maximum atomic E-state index is 10.2. The Hall–Kier alpha value is -1.30. The third-order valence-corrected chi connectivity index (χ3v) is 4.52. The summed E-state index contributed by atoms with van der Waals surface area (Å²) in [6, 6.07) is 0. The topological polar surface area (TPSA) is 79.2 Å². The van der Waals surface area contributed by atoms with Crippen molar-refractivity contribution in [3.05, 3.63) is 22.3 Å². The number of aromatic hydroxyl groups is 1. The highest BCUT2D eigenvalue weighted by atomic mass is 16.5. The number of aliphatic hydroxyl groups is 2. The molecule has 1 aromatic rings. The molecule has 0 fully saturated rings. The molecular formula is C17H26O5. The van der Waals surface area contributed by atoms with Crippen LogP contribution in [0.5, 0.6) is 11.5 Å². The molecule has 1 heterocycles. The van der Waals surface area contributed by atoms with Crippen LogP contribution in [0.25, 0.3) is 0 Å². The van der Waals surface area contributed by atoms with Gasteiger partial charge in [-0.3, -0.25) is 0 Å². The summed E-state index contributed by atoms with van der Waals surface area (Å²) in [5, 5.41) is 28.3. The summed E-state index contributed by atoms with van der Waals surface area (Å²) in [5.74, 6) is 1.19. The number of hydrogen-bond acceptors (Lipinski definition) is 5. The summed E-state index contributed by atoms with van der Waals surface area (Å²) in [7, 11) is 0. The van der Waals surface area contributed by atoms with E-state index in [0.717, 1.165) is 40.8 Å². The van der Waals surface area contributed by atoms with Gasteiger partial charge in [0.2, 0.25) is 0 Å². The molecule has 22 heavy (non-hydrogen) atoms. The van der Waals surface area contributed by atoms with E-state index in [1.54, 1.807) is 0 Å². The number of ether oxygens (including phenoxy) is 2. The van der Waals surface area contributed by atoms with Gasteiger partial charge in [0.25, 0.3) is 0 Å². The zero-order valence-corrected chi connectivity index (χ0v) is 13.8. The molecule has 0 amide bonds. The molecule has 0 saturated heterocycles. The first-order valence-corrected chi connectivity index (χ1v) is 7.66. The van der Waals surface area contributed by atoms with Gasteiger partial charge in [0.1, 0.15) is 23.2 Å². The summed E-state index contributed by atoms with van der Waals surface area (Å²) in [4.78, 5) is 0. The average Bonchev–Trinajstić information content (AvgIpc) is 2.50. The van der Waals surface area contributed by atoms with Crippen molar-refractivity contribution in [3.8, 4) is 11.5 Å². The Balaban J connectivity index is 2.17. The third kappa shape index (κ3) is 3.21. The molecule has 2 unspecified atom stereocenters. The molecule has 1 aromatic carbocycles. The fourth-order valence-electron chi connectivity index (χ4n) is 2.86. The van der Waals surface area contributed by atoms with Crippen molar-refractivity contribution in [3.63, 3.8) is 0 Å². The molecule has 0 aliphatic carbocycles. The minimum absolute atomic E-state index is 0.0922. The van der Waals surface area contributed by atoms with Crippen molar-refractivity contribution in [2.45, 2.75) is 52.2 Å². The molecule has 1 aliphatic heterocycles. The van der Waals surface area contributed by atoms with Gasteiger partial charge >= 0.3 is 0 Å². The van der Waals surface area contributed by atoms with E-state index >= 15 is 0 Å². The highest BCUT2D eigenvalue weighted by Crippen LogP contribution is 2.43. The predicted molar refractivity (Wildman–Crippen MR) is 83.6 cm³/mol. The second kappa shape index (κ2) is 6.44. The van der Waals surface area contributed by atoms with Crippen LogP contribution < -0.4 is 4.74 Å². The summed E-state index contributed by atoms with van der Waals surface area (Å²) >= 11 is 0. The quantitative estimate of drug-likeness (QED) is 0.772. The summed E-state index contributed by atoms with van der Waals surface area (Å²) < 4.78 is 11.7. The van der Waals surface area contributed by atoms with Gasteiger partial charge in [0.05, 0.1) is 19.8 Å². The van der Waals surface area contributed by atoms with Gasteiger partial charge in [-0.05, 0) is 57.2 Å². The standard InChI is InChI=1S/C17H26O5/c1-10-11(2)16-14(12(3)15(10)20)5-6-17(4,22-16)9-21-8-13(19)7-18/h13,18-20H,5-9H2,1-4H3. The van der Waals surface area contributed by atoms with Crippen LogP contribution in [0.4, 0.5) is 0 Å². The highest BCUT2D eigenvalue weighted by Gasteiger charge is 2.35. The van der Waals surface area contributed by atoms with E-state index in [2.05, 4.69) is 0 Å². The number of rotatable bonds is 5. The Kier molecular flexibility index (Phi) is 5.00. The van der Waals surface area contributed by atoms with Crippen molar-refractivity contribution in [2.24, 2.45) is 0 Å². The zero-order chi connectivity index (χ0) is 16.5. The Labute approximate surface area is 131 Å². The van der Waals surface area contributed by atoms with Crippen molar-refractivity contribution in [1.29, 1.82) is 0 Å². The van der Waals surface area contributed by atoms with Crippen LogP contribution >= 0.6 is 0 Å². The van der Waals surface area contributed by atoms with Crippen LogP contribution in [0.3, 0.4) is 0 Å². The number of phenols is 1. The first-order valence-electron chi connectivity index (χ1n) is 7.66. The lowest BCUT2D eigenvalue weighted by Gasteiger charge is -2.37. The van der Waals surface area contributed by atoms with Crippen LogP contribution in [0, 0.1) is 20.8 Å². The highest BCUT2D eigenvalue weighted by molar-refractivity contribution is 5.58. The van der Waals surface area contributed by atoms with Gasteiger partial charge in [-0.25, -0.2) is 0 Å².